The number of esters is 1. The molecular weight excluding hydrogens is 304 g/mol. The number of allylic oxidation sites excluding steroid dienone is 1. The number of phenols is 1. The van der Waals surface area contributed by atoms with Crippen molar-refractivity contribution in [3.8, 4) is 5.75 Å². The highest BCUT2D eigenvalue weighted by atomic mass is 16.5. The molecular formula is C20H22O4. The van der Waals surface area contributed by atoms with E-state index in [1.165, 1.54) is 0 Å². The number of benzene rings is 1. The largest absolute Gasteiger partial charge is 0.508 e. The molecule has 1 aromatic rings. The molecule has 1 saturated carbocycles. The number of Topliss-reactive ketones (excluding diaryl/α,β-unsaturated/α-hetero) is 1. The summed E-state index contributed by atoms with van der Waals surface area (Å²) in [4.78, 5) is 25.5. The Morgan fingerprint density at radius 3 is 2.46 bits per heavy atom. The van der Waals surface area contributed by atoms with Gasteiger partial charge in [0, 0.05) is 16.6 Å². The van der Waals surface area contributed by atoms with Crippen molar-refractivity contribution in [3.05, 3.63) is 40.2 Å². The van der Waals surface area contributed by atoms with Gasteiger partial charge in [0.25, 0.3) is 0 Å². The molecule has 3 aliphatic rings. The Hall–Kier alpha value is -2.10. The number of rotatable bonds is 1. The van der Waals surface area contributed by atoms with Gasteiger partial charge in [-0.25, -0.2) is 0 Å². The molecule has 0 saturated heterocycles. The van der Waals surface area contributed by atoms with Crippen LogP contribution in [0.25, 0.3) is 0 Å². The fraction of sp³-hybridized carbons (Fsp3) is 0.500. The lowest BCUT2D eigenvalue weighted by atomic mass is 9.55. The summed E-state index contributed by atoms with van der Waals surface area (Å²) in [6.07, 6.45) is 2.44. The van der Waals surface area contributed by atoms with Gasteiger partial charge in [0.1, 0.15) is 5.75 Å². The summed E-state index contributed by atoms with van der Waals surface area (Å²) < 4.78 is 5.48. The van der Waals surface area contributed by atoms with Crippen molar-refractivity contribution in [1.82, 2.24) is 0 Å². The molecule has 1 heterocycles. The summed E-state index contributed by atoms with van der Waals surface area (Å²) in [5.41, 5.74) is 1.80. The smallest absolute Gasteiger partial charge is 0.321 e. The van der Waals surface area contributed by atoms with E-state index in [0.29, 0.717) is 12.0 Å². The highest BCUT2D eigenvalue weighted by Crippen LogP contribution is 2.60. The zero-order valence-corrected chi connectivity index (χ0v) is 14.5. The van der Waals surface area contributed by atoms with Crippen LogP contribution in [0.2, 0.25) is 0 Å². The van der Waals surface area contributed by atoms with E-state index in [9.17, 15) is 14.7 Å². The molecule has 0 radical (unpaired) electrons. The summed E-state index contributed by atoms with van der Waals surface area (Å²) in [5.74, 6) is 0.0252. The Kier molecular flexibility index (Phi) is 2.89. The number of phenolic OH excluding ortho intramolecular Hbond substituents is 1. The lowest BCUT2D eigenvalue weighted by molar-refractivity contribution is -0.145. The van der Waals surface area contributed by atoms with Crippen LogP contribution in [0.3, 0.4) is 0 Å². The van der Waals surface area contributed by atoms with Gasteiger partial charge >= 0.3 is 5.97 Å². The highest BCUT2D eigenvalue weighted by molar-refractivity contribution is 6.15. The quantitative estimate of drug-likeness (QED) is 0.793. The second-order valence-electron chi connectivity index (χ2n) is 8.05. The molecule has 126 valence electrons. The third-order valence-corrected chi connectivity index (χ3v) is 6.16. The predicted octanol–water partition coefficient (Wildman–Crippen LogP) is 3.97. The molecule has 2 aliphatic carbocycles. The van der Waals surface area contributed by atoms with Crippen LogP contribution in [-0.4, -0.2) is 16.9 Å². The van der Waals surface area contributed by atoms with Crippen molar-refractivity contribution in [3.63, 3.8) is 0 Å². The topological polar surface area (TPSA) is 63.6 Å². The summed E-state index contributed by atoms with van der Waals surface area (Å²) in [7, 11) is 0. The van der Waals surface area contributed by atoms with E-state index in [1.54, 1.807) is 12.1 Å². The molecule has 0 spiro atoms. The Bertz CT molecular complexity index is 832. The van der Waals surface area contributed by atoms with Crippen molar-refractivity contribution in [2.45, 2.75) is 58.3 Å². The third kappa shape index (κ3) is 1.64. The van der Waals surface area contributed by atoms with Crippen LogP contribution in [0, 0.1) is 5.41 Å². The van der Waals surface area contributed by atoms with E-state index in [-0.39, 0.29) is 29.2 Å². The summed E-state index contributed by atoms with van der Waals surface area (Å²) in [6, 6.07) is 3.52. The lowest BCUT2D eigenvalue weighted by Gasteiger charge is -2.45. The molecule has 0 bridgehead atoms. The van der Waals surface area contributed by atoms with Crippen LogP contribution < -0.4 is 0 Å². The predicted molar refractivity (Wildman–Crippen MR) is 89.0 cm³/mol. The van der Waals surface area contributed by atoms with Crippen LogP contribution in [0.15, 0.2) is 23.5 Å². The minimum atomic E-state index is -0.720. The first kappa shape index (κ1) is 15.4. The normalized spacial score (nSPS) is 31.2. The van der Waals surface area contributed by atoms with Gasteiger partial charge in [-0.05, 0) is 48.9 Å². The fourth-order valence-electron chi connectivity index (χ4n) is 4.88. The van der Waals surface area contributed by atoms with Gasteiger partial charge in [0.2, 0.25) is 5.78 Å². The van der Waals surface area contributed by atoms with Crippen LogP contribution in [0.4, 0.5) is 0 Å². The molecule has 2 unspecified atom stereocenters. The Morgan fingerprint density at radius 2 is 1.79 bits per heavy atom. The number of hydrogen-bond donors (Lipinski definition) is 1. The first-order valence-electron chi connectivity index (χ1n) is 8.60. The molecule has 1 fully saturated rings. The van der Waals surface area contributed by atoms with Gasteiger partial charge in [0.15, 0.2) is 5.76 Å². The number of hydrogen-bond acceptors (Lipinski definition) is 4. The highest BCUT2D eigenvalue weighted by Gasteiger charge is 2.60. The van der Waals surface area contributed by atoms with Crippen LogP contribution in [-0.2, 0) is 14.9 Å². The minimum Gasteiger partial charge on any atom is -0.508 e. The summed E-state index contributed by atoms with van der Waals surface area (Å²) in [6.45, 7) is 7.92. The van der Waals surface area contributed by atoms with Crippen molar-refractivity contribution in [1.29, 1.82) is 0 Å². The number of carbonyl (C=O) groups excluding carboxylic acids is 2. The van der Waals surface area contributed by atoms with E-state index < -0.39 is 10.8 Å². The van der Waals surface area contributed by atoms with Gasteiger partial charge in [-0.3, -0.25) is 9.59 Å². The SMILES string of the molecule is CC(C)c1cc2c(cc1O)C1(C)CCCC3(C)C(=O)OC(=C31)C2=O. The number of ether oxygens (including phenoxy) is 1. The maximum Gasteiger partial charge on any atom is 0.321 e. The molecule has 2 atom stereocenters. The second-order valence-corrected chi connectivity index (χ2v) is 8.05. The molecule has 4 nitrogen and oxygen atoms in total. The van der Waals surface area contributed by atoms with Crippen LogP contribution in [0.1, 0.15) is 74.4 Å². The number of fused-ring (bicyclic) bond motifs is 2. The molecule has 0 aromatic heterocycles. The molecule has 1 aromatic carbocycles. The zero-order chi connectivity index (χ0) is 17.4. The van der Waals surface area contributed by atoms with Gasteiger partial charge in [0.05, 0.1) is 5.41 Å². The Morgan fingerprint density at radius 1 is 1.12 bits per heavy atom. The molecule has 1 N–H and O–H groups in total. The molecule has 4 rings (SSSR count). The summed E-state index contributed by atoms with van der Waals surface area (Å²) >= 11 is 0. The molecule has 4 heteroatoms. The van der Waals surface area contributed by atoms with Crippen molar-refractivity contribution in [2.24, 2.45) is 5.41 Å². The van der Waals surface area contributed by atoms with Gasteiger partial charge in [-0.1, -0.05) is 27.2 Å². The van der Waals surface area contributed by atoms with E-state index >= 15 is 0 Å². The van der Waals surface area contributed by atoms with Crippen molar-refractivity contribution >= 4 is 11.8 Å². The maximum atomic E-state index is 13.0. The average molecular weight is 326 g/mol. The van der Waals surface area contributed by atoms with Crippen molar-refractivity contribution in [2.75, 3.05) is 0 Å². The number of aromatic hydroxyl groups is 1. The van der Waals surface area contributed by atoms with E-state index in [4.69, 9.17) is 4.74 Å². The average Bonchev–Trinajstić information content (AvgIpc) is 2.78. The molecule has 0 amide bonds. The molecule has 24 heavy (non-hydrogen) atoms. The number of ketones is 1. The van der Waals surface area contributed by atoms with Crippen LogP contribution in [0.5, 0.6) is 5.75 Å². The van der Waals surface area contributed by atoms with Gasteiger partial charge in [-0.15, -0.1) is 0 Å². The number of carbonyl (C=O) groups is 2. The van der Waals surface area contributed by atoms with E-state index in [0.717, 1.165) is 29.5 Å². The van der Waals surface area contributed by atoms with Crippen LogP contribution >= 0.6 is 0 Å². The maximum absolute atomic E-state index is 13.0. The zero-order valence-electron chi connectivity index (χ0n) is 14.5. The first-order chi connectivity index (χ1) is 11.2. The standard InChI is InChI=1S/C20H22O4/c1-10(2)11-8-12-13(9-14(11)21)19(3)6-5-7-20(4)17(19)16(15(12)22)24-18(20)23/h8-10,21H,5-7H2,1-4H3. The van der Waals surface area contributed by atoms with E-state index in [2.05, 4.69) is 6.92 Å². The lowest BCUT2D eigenvalue weighted by Crippen LogP contribution is -2.43. The monoisotopic (exact) mass is 326 g/mol. The Labute approximate surface area is 141 Å². The van der Waals surface area contributed by atoms with Crippen molar-refractivity contribution < 1.29 is 19.4 Å². The fourth-order valence-corrected chi connectivity index (χ4v) is 4.88. The first-order valence-corrected chi connectivity index (χ1v) is 8.60. The third-order valence-electron chi connectivity index (χ3n) is 6.16. The second kappa shape index (κ2) is 4.50. The Balaban J connectivity index is 2.03. The van der Waals surface area contributed by atoms with Gasteiger partial charge < -0.3 is 9.84 Å². The molecule has 1 aliphatic heterocycles. The summed E-state index contributed by atoms with van der Waals surface area (Å²) in [5, 5.41) is 10.5. The van der Waals surface area contributed by atoms with E-state index in [1.807, 2.05) is 20.8 Å². The minimum absolute atomic E-state index is 0.106. The van der Waals surface area contributed by atoms with Gasteiger partial charge in [-0.2, -0.15) is 0 Å².